The third kappa shape index (κ3) is 13.5. The van der Waals surface area contributed by atoms with Crippen LogP contribution in [0.5, 0.6) is 0 Å². The van der Waals surface area contributed by atoms with Gasteiger partial charge in [-0.2, -0.15) is 0 Å². The summed E-state index contributed by atoms with van der Waals surface area (Å²) in [6, 6.07) is 15.9. The second kappa shape index (κ2) is 23.8. The van der Waals surface area contributed by atoms with Gasteiger partial charge in [-0.05, 0) is 201 Å². The molecule has 0 radical (unpaired) electrons. The van der Waals surface area contributed by atoms with Gasteiger partial charge in [0.1, 0.15) is 0 Å². The van der Waals surface area contributed by atoms with Crippen LogP contribution in [0, 0.1) is 53.3 Å². The van der Waals surface area contributed by atoms with Gasteiger partial charge in [-0.1, -0.05) is 142 Å². The quantitative estimate of drug-likeness (QED) is 0.0794. The van der Waals surface area contributed by atoms with E-state index in [0.717, 1.165) is 81.7 Å². The van der Waals surface area contributed by atoms with Crippen LogP contribution in [0.1, 0.15) is 248 Å². The molecule has 3 aromatic carbocycles. The molecule has 6 aliphatic rings. The molecule has 0 bridgehead atoms. The molecule has 0 aromatic heterocycles. The summed E-state index contributed by atoms with van der Waals surface area (Å²) < 4.78 is 0. The monoisotopic (exact) mass is 939 g/mol. The summed E-state index contributed by atoms with van der Waals surface area (Å²) in [6.45, 7) is 7.32. The van der Waals surface area contributed by atoms with Crippen molar-refractivity contribution in [3.63, 3.8) is 0 Å². The minimum Gasteiger partial charge on any atom is -0.397 e. The molecule has 6 saturated carbocycles. The highest BCUT2D eigenvalue weighted by Crippen LogP contribution is 2.48. The molecule has 6 nitrogen and oxygen atoms in total. The number of anilines is 8. The molecule has 0 unspecified atom stereocenters. The van der Waals surface area contributed by atoms with E-state index < -0.39 is 0 Å². The molecular weight excluding hydrogens is 841 g/mol. The van der Waals surface area contributed by atoms with Crippen LogP contribution in [0.15, 0.2) is 42.5 Å². The van der Waals surface area contributed by atoms with Crippen LogP contribution in [-0.2, 0) is 0 Å². The predicted octanol–water partition coefficient (Wildman–Crippen LogP) is 18.1. The van der Waals surface area contributed by atoms with Gasteiger partial charge in [-0.25, -0.2) is 0 Å². The van der Waals surface area contributed by atoms with Gasteiger partial charge in [0.15, 0.2) is 0 Å². The number of nitrogens with one attached hydrogen (secondary N) is 2. The van der Waals surface area contributed by atoms with E-state index >= 15 is 0 Å². The number of nitrogens with two attached hydrogens (primary N) is 4. The Morgan fingerprint density at radius 1 is 0.319 bits per heavy atom. The van der Waals surface area contributed by atoms with Gasteiger partial charge in [0.05, 0.1) is 45.5 Å². The molecule has 69 heavy (non-hydrogen) atoms. The fourth-order valence-corrected chi connectivity index (χ4v) is 15.0. The maximum absolute atomic E-state index is 7.29. The lowest BCUT2D eigenvalue weighted by atomic mass is 9.74. The Balaban J connectivity index is 0.890. The largest absolute Gasteiger partial charge is 0.397 e. The first-order valence-corrected chi connectivity index (χ1v) is 29.5. The maximum atomic E-state index is 7.29. The first-order chi connectivity index (χ1) is 33.5. The van der Waals surface area contributed by atoms with E-state index in [0.29, 0.717) is 34.8 Å². The van der Waals surface area contributed by atoms with Crippen molar-refractivity contribution in [2.75, 3.05) is 33.6 Å². The highest BCUT2D eigenvalue weighted by molar-refractivity contribution is 5.91. The minimum atomic E-state index is 0.490. The molecule has 0 saturated heterocycles. The van der Waals surface area contributed by atoms with Crippen molar-refractivity contribution >= 4 is 45.5 Å². The van der Waals surface area contributed by atoms with Gasteiger partial charge in [0.25, 0.3) is 0 Å². The first kappa shape index (κ1) is 50.4. The second-order valence-corrected chi connectivity index (χ2v) is 25.5. The summed E-state index contributed by atoms with van der Waals surface area (Å²) in [5.74, 6) is 9.88. The van der Waals surface area contributed by atoms with E-state index in [-0.39, 0.29) is 0 Å². The Bertz CT molecular complexity index is 2060. The van der Waals surface area contributed by atoms with E-state index in [1.165, 1.54) is 209 Å². The van der Waals surface area contributed by atoms with Crippen molar-refractivity contribution in [2.24, 2.45) is 53.3 Å². The van der Waals surface area contributed by atoms with Crippen LogP contribution in [-0.4, -0.2) is 0 Å². The highest BCUT2D eigenvalue weighted by atomic mass is 15.0. The summed E-state index contributed by atoms with van der Waals surface area (Å²) in [5.41, 5.74) is 38.3. The van der Waals surface area contributed by atoms with Crippen LogP contribution < -0.4 is 33.6 Å². The summed E-state index contributed by atoms with van der Waals surface area (Å²) in [4.78, 5) is 0. The summed E-state index contributed by atoms with van der Waals surface area (Å²) in [5, 5.41) is 7.66. The van der Waals surface area contributed by atoms with Gasteiger partial charge >= 0.3 is 0 Å². The molecule has 380 valence electrons. The zero-order valence-corrected chi connectivity index (χ0v) is 44.0. The summed E-state index contributed by atoms with van der Waals surface area (Å²) in [7, 11) is 0. The number of benzene rings is 3. The summed E-state index contributed by atoms with van der Waals surface area (Å²) in [6.07, 6.45) is 41.3. The number of nitrogen functional groups attached to an aromatic ring is 4. The molecule has 6 fully saturated rings. The topological polar surface area (TPSA) is 128 Å². The zero-order valence-electron chi connectivity index (χ0n) is 44.0. The van der Waals surface area contributed by atoms with E-state index in [4.69, 9.17) is 22.9 Å². The average Bonchev–Trinajstić information content (AvgIpc) is 3.37. The Morgan fingerprint density at radius 2 is 0.609 bits per heavy atom. The number of hydrogen-bond donors (Lipinski definition) is 6. The van der Waals surface area contributed by atoms with Gasteiger partial charge in [0, 0.05) is 0 Å². The standard InChI is InChI=1S/C63H98N6/c1-41-4-10-44(11-5-41)16-19-47-22-28-50(29-23-47)53-34-35-56(64)58(37-53)68-60-39-55(52-32-26-49(27-33-52)21-18-46-14-8-43(3)9-15-46)40-61(63(60)67)69-59-38-54(36-57(65)62(59)66)51-30-24-48(25-31-51)20-17-45-12-6-42(2)7-13-45/h34-52,68-69H,4-33,64-67H2,1-3H3. The van der Waals surface area contributed by atoms with Gasteiger partial charge in [0.2, 0.25) is 0 Å². The van der Waals surface area contributed by atoms with Crippen molar-refractivity contribution in [1.29, 1.82) is 0 Å². The molecule has 6 aliphatic carbocycles. The smallest absolute Gasteiger partial charge is 0.0792 e. The molecule has 9 rings (SSSR count). The van der Waals surface area contributed by atoms with Gasteiger partial charge in [-0.3, -0.25) is 0 Å². The van der Waals surface area contributed by atoms with Crippen LogP contribution in [0.4, 0.5) is 45.5 Å². The third-order valence-corrected chi connectivity index (χ3v) is 20.4. The lowest BCUT2D eigenvalue weighted by Crippen LogP contribution is -2.17. The molecular formula is C63H98N6. The fraction of sp³-hybridized carbons (Fsp3) is 0.714. The Labute approximate surface area is 420 Å². The Hall–Kier alpha value is -3.54. The average molecular weight is 940 g/mol. The molecule has 6 heteroatoms. The van der Waals surface area contributed by atoms with Crippen molar-refractivity contribution in [3.05, 3.63) is 59.2 Å². The zero-order chi connectivity index (χ0) is 47.9. The SMILES string of the molecule is CC1CCC(CCC2CCC(c3ccc(N)c(Nc4cc(C5CCC(CCC6CCC(C)CC6)CC5)cc(Nc5cc(C6CCC(CCC7CCC(C)CC7)CC6)cc(N)c5N)c4N)c3)CC2)CC1. The second-order valence-electron chi connectivity index (χ2n) is 25.5. The van der Waals surface area contributed by atoms with Crippen LogP contribution >= 0.6 is 0 Å². The van der Waals surface area contributed by atoms with E-state index in [2.05, 4.69) is 73.9 Å². The highest BCUT2D eigenvalue weighted by Gasteiger charge is 2.30. The van der Waals surface area contributed by atoms with E-state index in [9.17, 15) is 0 Å². The molecule has 0 heterocycles. The normalized spacial score (nSPS) is 32.3. The van der Waals surface area contributed by atoms with Gasteiger partial charge in [-0.15, -0.1) is 0 Å². The summed E-state index contributed by atoms with van der Waals surface area (Å²) >= 11 is 0. The first-order valence-electron chi connectivity index (χ1n) is 29.5. The van der Waals surface area contributed by atoms with Crippen molar-refractivity contribution < 1.29 is 0 Å². The molecule has 0 aliphatic heterocycles. The van der Waals surface area contributed by atoms with Crippen LogP contribution in [0.25, 0.3) is 0 Å². The van der Waals surface area contributed by atoms with Crippen LogP contribution in [0.3, 0.4) is 0 Å². The molecule has 3 aromatic rings. The Morgan fingerprint density at radius 3 is 0.986 bits per heavy atom. The van der Waals surface area contributed by atoms with Crippen molar-refractivity contribution in [2.45, 2.75) is 231 Å². The molecule has 0 spiro atoms. The maximum Gasteiger partial charge on any atom is 0.0792 e. The minimum absolute atomic E-state index is 0.490. The molecule has 0 atom stereocenters. The van der Waals surface area contributed by atoms with E-state index in [1.807, 2.05) is 0 Å². The lowest BCUT2D eigenvalue weighted by molar-refractivity contribution is 0.237. The third-order valence-electron chi connectivity index (χ3n) is 20.4. The molecule has 0 amide bonds. The van der Waals surface area contributed by atoms with Crippen LogP contribution in [0.2, 0.25) is 0 Å². The van der Waals surface area contributed by atoms with Gasteiger partial charge < -0.3 is 33.6 Å². The van der Waals surface area contributed by atoms with E-state index in [1.54, 1.807) is 0 Å². The Kier molecular flexibility index (Phi) is 17.4. The van der Waals surface area contributed by atoms with Crippen molar-refractivity contribution in [1.82, 2.24) is 0 Å². The fourth-order valence-electron chi connectivity index (χ4n) is 15.0. The van der Waals surface area contributed by atoms with Crippen molar-refractivity contribution in [3.8, 4) is 0 Å². The molecule has 10 N–H and O–H groups in total. The predicted molar refractivity (Wildman–Crippen MR) is 299 cm³/mol. The lowest BCUT2D eigenvalue weighted by Gasteiger charge is -2.32. The number of hydrogen-bond acceptors (Lipinski definition) is 6. The number of rotatable bonds is 16.